The molecule has 0 aromatic rings. The van der Waals surface area contributed by atoms with Crippen LogP contribution in [0.3, 0.4) is 0 Å². The molecule has 1 atom stereocenters. The van der Waals surface area contributed by atoms with E-state index in [4.69, 9.17) is 10.5 Å². The molecule has 0 aromatic carbocycles. The first-order valence-electron chi connectivity index (χ1n) is 5.77. The van der Waals surface area contributed by atoms with E-state index in [1.807, 2.05) is 4.90 Å². The first-order chi connectivity index (χ1) is 8.04. The highest BCUT2D eigenvalue weighted by atomic mass is 16.5. The van der Waals surface area contributed by atoms with Crippen molar-refractivity contribution in [3.63, 3.8) is 0 Å². The van der Waals surface area contributed by atoms with Gasteiger partial charge in [-0.15, -0.1) is 0 Å². The summed E-state index contributed by atoms with van der Waals surface area (Å²) in [6.07, 6.45) is 2.02. The molecule has 6 heteroatoms. The lowest BCUT2D eigenvalue weighted by Gasteiger charge is -2.36. The van der Waals surface area contributed by atoms with Gasteiger partial charge in [-0.25, -0.2) is 0 Å². The molecule has 1 saturated heterocycles. The van der Waals surface area contributed by atoms with Crippen LogP contribution in [0.5, 0.6) is 0 Å². The highest BCUT2D eigenvalue weighted by Gasteiger charge is 2.42. The van der Waals surface area contributed by atoms with Crippen LogP contribution in [-0.4, -0.2) is 56.1 Å². The van der Waals surface area contributed by atoms with Crippen LogP contribution in [0.2, 0.25) is 0 Å². The Hall–Kier alpha value is -1.14. The standard InChI is InChI=1S/C11H21N3O3/c1-13-10(16)7-14-5-3-4-11(14,8-17-2)6-9(12)15/h3-8H2,1-2H3,(H2,12,15)(H,13,16). The number of carbonyl (C=O) groups is 2. The number of hydrogen-bond acceptors (Lipinski definition) is 4. The smallest absolute Gasteiger partial charge is 0.233 e. The van der Waals surface area contributed by atoms with E-state index >= 15 is 0 Å². The largest absolute Gasteiger partial charge is 0.383 e. The highest BCUT2D eigenvalue weighted by Crippen LogP contribution is 2.32. The van der Waals surface area contributed by atoms with Crippen molar-refractivity contribution in [2.45, 2.75) is 24.8 Å². The molecule has 17 heavy (non-hydrogen) atoms. The Morgan fingerprint density at radius 3 is 2.76 bits per heavy atom. The summed E-state index contributed by atoms with van der Waals surface area (Å²) in [5, 5.41) is 2.59. The Bertz CT molecular complexity index is 296. The molecule has 1 aliphatic heterocycles. The number of primary amides is 1. The van der Waals surface area contributed by atoms with Crippen molar-refractivity contribution in [1.29, 1.82) is 0 Å². The predicted molar refractivity (Wildman–Crippen MR) is 63.3 cm³/mol. The first-order valence-corrected chi connectivity index (χ1v) is 5.77. The van der Waals surface area contributed by atoms with Crippen LogP contribution >= 0.6 is 0 Å². The van der Waals surface area contributed by atoms with Gasteiger partial charge in [0, 0.05) is 20.6 Å². The second-order valence-corrected chi connectivity index (χ2v) is 4.50. The predicted octanol–water partition coefficient (Wildman–Crippen LogP) is -0.911. The summed E-state index contributed by atoms with van der Waals surface area (Å²) in [5.74, 6) is -0.414. The molecular weight excluding hydrogens is 222 g/mol. The van der Waals surface area contributed by atoms with Crippen molar-refractivity contribution >= 4 is 11.8 Å². The van der Waals surface area contributed by atoms with E-state index < -0.39 is 5.54 Å². The zero-order chi connectivity index (χ0) is 12.9. The van der Waals surface area contributed by atoms with Crippen molar-refractivity contribution < 1.29 is 14.3 Å². The first kappa shape index (κ1) is 13.9. The summed E-state index contributed by atoms with van der Waals surface area (Å²) >= 11 is 0. The number of likely N-dealkylation sites (tertiary alicyclic amines) is 1. The van der Waals surface area contributed by atoms with Crippen molar-refractivity contribution in [1.82, 2.24) is 10.2 Å². The molecule has 0 radical (unpaired) electrons. The van der Waals surface area contributed by atoms with Gasteiger partial charge < -0.3 is 15.8 Å². The highest BCUT2D eigenvalue weighted by molar-refractivity contribution is 5.78. The molecule has 1 fully saturated rings. The zero-order valence-electron chi connectivity index (χ0n) is 10.5. The van der Waals surface area contributed by atoms with E-state index in [0.29, 0.717) is 6.61 Å². The third-order valence-corrected chi connectivity index (χ3v) is 3.27. The molecule has 2 amide bonds. The van der Waals surface area contributed by atoms with Crippen LogP contribution in [0, 0.1) is 0 Å². The topological polar surface area (TPSA) is 84.7 Å². The van der Waals surface area contributed by atoms with E-state index in [9.17, 15) is 9.59 Å². The molecule has 6 nitrogen and oxygen atoms in total. The number of nitrogens with zero attached hydrogens (tertiary/aromatic N) is 1. The van der Waals surface area contributed by atoms with E-state index in [-0.39, 0.29) is 24.8 Å². The molecule has 1 aliphatic rings. The SMILES string of the molecule is CNC(=O)CN1CCCC1(COC)CC(N)=O. The Balaban J connectivity index is 2.77. The summed E-state index contributed by atoms with van der Waals surface area (Å²) in [6, 6.07) is 0. The van der Waals surface area contributed by atoms with Crippen molar-refractivity contribution in [2.24, 2.45) is 5.73 Å². The average Bonchev–Trinajstić information content (AvgIpc) is 2.61. The van der Waals surface area contributed by atoms with Crippen LogP contribution in [0.25, 0.3) is 0 Å². The number of nitrogens with two attached hydrogens (primary N) is 1. The van der Waals surface area contributed by atoms with Crippen LogP contribution in [0.4, 0.5) is 0 Å². The molecule has 1 unspecified atom stereocenters. The summed E-state index contributed by atoms with van der Waals surface area (Å²) in [4.78, 5) is 24.6. The van der Waals surface area contributed by atoms with Crippen LogP contribution in [-0.2, 0) is 14.3 Å². The van der Waals surface area contributed by atoms with Gasteiger partial charge in [0.1, 0.15) is 0 Å². The van der Waals surface area contributed by atoms with E-state index in [0.717, 1.165) is 19.4 Å². The molecule has 0 bridgehead atoms. The Morgan fingerprint density at radius 1 is 1.53 bits per heavy atom. The van der Waals surface area contributed by atoms with Crippen molar-refractivity contribution in [3.05, 3.63) is 0 Å². The molecule has 0 spiro atoms. The van der Waals surface area contributed by atoms with Gasteiger partial charge in [-0.1, -0.05) is 0 Å². The second kappa shape index (κ2) is 5.97. The Kier molecular flexibility index (Phi) is 4.89. The molecule has 0 aromatic heterocycles. The number of hydrogen-bond donors (Lipinski definition) is 2. The number of rotatable bonds is 6. The van der Waals surface area contributed by atoms with E-state index in [1.54, 1.807) is 14.2 Å². The fraction of sp³-hybridized carbons (Fsp3) is 0.818. The van der Waals surface area contributed by atoms with Gasteiger partial charge in [0.05, 0.1) is 18.7 Å². The average molecular weight is 243 g/mol. The number of methoxy groups -OCH3 is 1. The lowest BCUT2D eigenvalue weighted by Crippen LogP contribution is -2.52. The number of likely N-dealkylation sites (N-methyl/N-ethyl adjacent to an activating group) is 1. The second-order valence-electron chi connectivity index (χ2n) is 4.50. The van der Waals surface area contributed by atoms with Crippen molar-refractivity contribution in [3.8, 4) is 0 Å². The number of carbonyl (C=O) groups excluding carboxylic acids is 2. The molecule has 1 rings (SSSR count). The summed E-state index contributed by atoms with van der Waals surface area (Å²) in [7, 11) is 3.20. The Morgan fingerprint density at radius 2 is 2.24 bits per heavy atom. The summed E-state index contributed by atoms with van der Waals surface area (Å²) in [6.45, 7) is 1.50. The minimum absolute atomic E-state index is 0.0585. The molecule has 98 valence electrons. The lowest BCUT2D eigenvalue weighted by molar-refractivity contribution is -0.127. The minimum Gasteiger partial charge on any atom is -0.383 e. The zero-order valence-corrected chi connectivity index (χ0v) is 10.5. The Labute approximate surface area is 101 Å². The molecule has 3 N–H and O–H groups in total. The lowest BCUT2D eigenvalue weighted by atomic mass is 9.92. The number of nitrogens with one attached hydrogen (secondary N) is 1. The maximum Gasteiger partial charge on any atom is 0.233 e. The van der Waals surface area contributed by atoms with Gasteiger partial charge in [-0.2, -0.15) is 0 Å². The van der Waals surface area contributed by atoms with Gasteiger partial charge in [0.2, 0.25) is 11.8 Å². The summed E-state index contributed by atoms with van der Waals surface area (Å²) < 4.78 is 5.19. The van der Waals surface area contributed by atoms with Gasteiger partial charge >= 0.3 is 0 Å². The maximum absolute atomic E-state index is 11.4. The molecule has 1 heterocycles. The normalized spacial score (nSPS) is 24.8. The van der Waals surface area contributed by atoms with Crippen LogP contribution in [0.15, 0.2) is 0 Å². The van der Waals surface area contributed by atoms with Crippen LogP contribution < -0.4 is 11.1 Å². The van der Waals surface area contributed by atoms with Crippen molar-refractivity contribution in [2.75, 3.05) is 33.9 Å². The quantitative estimate of drug-likeness (QED) is 0.632. The minimum atomic E-state index is -0.410. The van der Waals surface area contributed by atoms with Gasteiger partial charge in [0.15, 0.2) is 0 Å². The third kappa shape index (κ3) is 3.41. The van der Waals surface area contributed by atoms with Gasteiger partial charge in [-0.3, -0.25) is 14.5 Å². The van der Waals surface area contributed by atoms with Gasteiger partial charge in [0.25, 0.3) is 0 Å². The number of ether oxygens (including phenoxy) is 1. The molecular formula is C11H21N3O3. The third-order valence-electron chi connectivity index (χ3n) is 3.27. The van der Waals surface area contributed by atoms with Crippen LogP contribution in [0.1, 0.15) is 19.3 Å². The number of amides is 2. The fourth-order valence-corrected chi connectivity index (χ4v) is 2.50. The van der Waals surface area contributed by atoms with Gasteiger partial charge in [-0.05, 0) is 19.4 Å². The summed E-state index contributed by atoms with van der Waals surface area (Å²) in [5.41, 5.74) is 4.88. The van der Waals surface area contributed by atoms with E-state index in [1.165, 1.54) is 0 Å². The van der Waals surface area contributed by atoms with E-state index in [2.05, 4.69) is 5.32 Å². The molecule has 0 aliphatic carbocycles. The fourth-order valence-electron chi connectivity index (χ4n) is 2.50. The monoisotopic (exact) mass is 243 g/mol. The maximum atomic E-state index is 11.4. The molecule has 0 saturated carbocycles.